The third-order valence-electron chi connectivity index (χ3n) is 5.75. The second kappa shape index (κ2) is 11.9. The van der Waals surface area contributed by atoms with Crippen LogP contribution in [0.15, 0.2) is 54.6 Å². The van der Waals surface area contributed by atoms with E-state index in [1.54, 1.807) is 24.3 Å². The van der Waals surface area contributed by atoms with Crippen molar-refractivity contribution in [1.82, 2.24) is 15.5 Å². The Morgan fingerprint density at radius 1 is 1.03 bits per heavy atom. The number of carboxylic acid groups (broad SMARTS) is 1. The molecule has 0 saturated carbocycles. The summed E-state index contributed by atoms with van der Waals surface area (Å²) in [5, 5.41) is 24.0. The maximum atomic E-state index is 12.9. The SMILES string of the molecule is CC(NC(=O)OCc1ccccc1)C(=O)N1CCCC1C(=O)NC(Cc1ccc(O)cc1)C(=O)O. The first-order valence-electron chi connectivity index (χ1n) is 11.3. The van der Waals surface area contributed by atoms with E-state index in [9.17, 15) is 29.4 Å². The summed E-state index contributed by atoms with van der Waals surface area (Å²) in [6, 6.07) is 12.2. The van der Waals surface area contributed by atoms with Gasteiger partial charge in [-0.25, -0.2) is 9.59 Å². The van der Waals surface area contributed by atoms with Crippen LogP contribution in [0, 0.1) is 0 Å². The first-order chi connectivity index (χ1) is 16.7. The summed E-state index contributed by atoms with van der Waals surface area (Å²) in [7, 11) is 0. The lowest BCUT2D eigenvalue weighted by Gasteiger charge is -2.28. The molecule has 3 unspecified atom stereocenters. The fourth-order valence-corrected chi connectivity index (χ4v) is 3.89. The van der Waals surface area contributed by atoms with Crippen LogP contribution >= 0.6 is 0 Å². The second-order valence-corrected chi connectivity index (χ2v) is 8.39. The van der Waals surface area contributed by atoms with Gasteiger partial charge in [-0.2, -0.15) is 0 Å². The Hall–Kier alpha value is -4.08. The number of phenols is 1. The van der Waals surface area contributed by atoms with Crippen LogP contribution in [-0.4, -0.2) is 63.7 Å². The number of hydrogen-bond acceptors (Lipinski definition) is 6. The quantitative estimate of drug-likeness (QED) is 0.426. The molecule has 1 aliphatic heterocycles. The number of benzene rings is 2. The number of carbonyl (C=O) groups excluding carboxylic acids is 3. The number of aromatic hydroxyl groups is 1. The number of carbonyl (C=O) groups is 4. The van der Waals surface area contributed by atoms with Gasteiger partial charge in [0.1, 0.15) is 30.5 Å². The average molecular weight is 484 g/mol. The van der Waals surface area contributed by atoms with Crippen LogP contribution in [0.25, 0.3) is 0 Å². The largest absolute Gasteiger partial charge is 0.508 e. The number of rotatable bonds is 9. The molecule has 0 spiro atoms. The van der Waals surface area contributed by atoms with Gasteiger partial charge in [-0.1, -0.05) is 42.5 Å². The van der Waals surface area contributed by atoms with Gasteiger partial charge in [0.25, 0.3) is 0 Å². The normalized spacial score (nSPS) is 16.7. The maximum Gasteiger partial charge on any atom is 0.408 e. The minimum Gasteiger partial charge on any atom is -0.508 e. The summed E-state index contributed by atoms with van der Waals surface area (Å²) >= 11 is 0. The van der Waals surface area contributed by atoms with E-state index in [4.69, 9.17) is 4.74 Å². The number of aliphatic carboxylic acids is 1. The Morgan fingerprint density at radius 3 is 2.37 bits per heavy atom. The summed E-state index contributed by atoms with van der Waals surface area (Å²) in [5.41, 5.74) is 1.43. The molecule has 0 bridgehead atoms. The molecule has 10 nitrogen and oxygen atoms in total. The predicted octanol–water partition coefficient (Wildman–Crippen LogP) is 1.81. The second-order valence-electron chi connectivity index (χ2n) is 8.39. The van der Waals surface area contributed by atoms with Crippen molar-refractivity contribution >= 4 is 23.9 Å². The molecule has 3 rings (SSSR count). The van der Waals surface area contributed by atoms with Gasteiger partial charge in [0.05, 0.1) is 0 Å². The molecular formula is C25H29N3O7. The Morgan fingerprint density at radius 2 is 1.71 bits per heavy atom. The lowest BCUT2D eigenvalue weighted by Crippen LogP contribution is -2.55. The van der Waals surface area contributed by atoms with E-state index < -0.39 is 42.0 Å². The van der Waals surface area contributed by atoms with Crippen molar-refractivity contribution in [3.8, 4) is 5.75 Å². The molecule has 10 heteroatoms. The van der Waals surface area contributed by atoms with Gasteiger partial charge in [-0.3, -0.25) is 9.59 Å². The van der Waals surface area contributed by atoms with Crippen LogP contribution < -0.4 is 10.6 Å². The number of phenolic OH excluding ortho intramolecular Hbond substituents is 1. The Balaban J connectivity index is 1.55. The van der Waals surface area contributed by atoms with E-state index in [-0.39, 0.29) is 18.8 Å². The fraction of sp³-hybridized carbons (Fsp3) is 0.360. The van der Waals surface area contributed by atoms with Crippen molar-refractivity contribution < 1.29 is 34.1 Å². The molecule has 2 aromatic carbocycles. The minimum atomic E-state index is -1.21. The minimum absolute atomic E-state index is 0.0211. The Kier molecular flexibility index (Phi) is 8.66. The number of nitrogens with one attached hydrogen (secondary N) is 2. The first-order valence-corrected chi connectivity index (χ1v) is 11.3. The fourth-order valence-electron chi connectivity index (χ4n) is 3.89. The smallest absolute Gasteiger partial charge is 0.408 e. The van der Waals surface area contributed by atoms with Gasteiger partial charge in [0, 0.05) is 13.0 Å². The number of amides is 3. The van der Waals surface area contributed by atoms with E-state index in [0.717, 1.165) is 5.56 Å². The Bertz CT molecular complexity index is 1040. The lowest BCUT2D eigenvalue weighted by molar-refractivity contribution is -0.144. The first kappa shape index (κ1) is 25.5. The zero-order chi connectivity index (χ0) is 25.4. The number of carboxylic acids is 1. The van der Waals surface area contributed by atoms with Crippen LogP contribution in [0.1, 0.15) is 30.9 Å². The number of ether oxygens (including phenoxy) is 1. The number of likely N-dealkylation sites (tertiary alicyclic amines) is 1. The van der Waals surface area contributed by atoms with Crippen LogP contribution in [0.3, 0.4) is 0 Å². The molecular weight excluding hydrogens is 454 g/mol. The molecule has 1 fully saturated rings. The molecule has 3 amide bonds. The van der Waals surface area contributed by atoms with Crippen LogP contribution in [0.2, 0.25) is 0 Å². The predicted molar refractivity (Wildman–Crippen MR) is 125 cm³/mol. The number of alkyl carbamates (subject to hydrolysis) is 1. The lowest BCUT2D eigenvalue weighted by atomic mass is 10.0. The van der Waals surface area contributed by atoms with Crippen LogP contribution in [0.4, 0.5) is 4.79 Å². The molecule has 0 aliphatic carbocycles. The highest BCUT2D eigenvalue weighted by atomic mass is 16.5. The van der Waals surface area contributed by atoms with Crippen molar-refractivity contribution in [1.29, 1.82) is 0 Å². The summed E-state index contributed by atoms with van der Waals surface area (Å²) in [6.07, 6.45) is 0.224. The van der Waals surface area contributed by atoms with Crippen molar-refractivity contribution in [2.24, 2.45) is 0 Å². The summed E-state index contributed by atoms with van der Waals surface area (Å²) in [4.78, 5) is 51.0. The van der Waals surface area contributed by atoms with E-state index in [1.807, 2.05) is 18.2 Å². The highest BCUT2D eigenvalue weighted by molar-refractivity contribution is 5.93. The van der Waals surface area contributed by atoms with E-state index in [0.29, 0.717) is 24.9 Å². The van der Waals surface area contributed by atoms with E-state index >= 15 is 0 Å². The molecule has 0 radical (unpaired) electrons. The molecule has 1 heterocycles. The Labute approximate surface area is 202 Å². The van der Waals surface area contributed by atoms with Gasteiger partial charge < -0.3 is 30.5 Å². The summed E-state index contributed by atoms with van der Waals surface area (Å²) in [6.45, 7) is 1.88. The third kappa shape index (κ3) is 7.20. The van der Waals surface area contributed by atoms with Crippen LogP contribution in [0.5, 0.6) is 5.75 Å². The average Bonchev–Trinajstić information content (AvgIpc) is 3.34. The molecule has 1 saturated heterocycles. The van der Waals surface area contributed by atoms with Gasteiger partial charge in [-0.15, -0.1) is 0 Å². The summed E-state index contributed by atoms with van der Waals surface area (Å²) in [5.74, 6) is -2.18. The zero-order valence-electron chi connectivity index (χ0n) is 19.3. The monoisotopic (exact) mass is 483 g/mol. The molecule has 4 N–H and O–H groups in total. The van der Waals surface area contributed by atoms with Gasteiger partial charge in [0.15, 0.2) is 0 Å². The van der Waals surface area contributed by atoms with Crippen molar-refractivity contribution in [2.45, 2.75) is 50.9 Å². The van der Waals surface area contributed by atoms with Gasteiger partial charge in [-0.05, 0) is 43.0 Å². The van der Waals surface area contributed by atoms with Crippen molar-refractivity contribution in [3.63, 3.8) is 0 Å². The van der Waals surface area contributed by atoms with E-state index in [2.05, 4.69) is 10.6 Å². The van der Waals surface area contributed by atoms with Crippen LogP contribution in [-0.2, 0) is 32.1 Å². The van der Waals surface area contributed by atoms with Crippen molar-refractivity contribution in [3.05, 3.63) is 65.7 Å². The highest BCUT2D eigenvalue weighted by Crippen LogP contribution is 2.19. The highest BCUT2D eigenvalue weighted by Gasteiger charge is 2.37. The zero-order valence-corrected chi connectivity index (χ0v) is 19.3. The van der Waals surface area contributed by atoms with E-state index in [1.165, 1.54) is 24.0 Å². The molecule has 2 aromatic rings. The molecule has 35 heavy (non-hydrogen) atoms. The standard InChI is InChI=1S/C25H29N3O7/c1-16(26-25(34)35-15-18-6-3-2-4-7-18)23(31)28-13-5-8-21(28)22(30)27-20(24(32)33)14-17-9-11-19(29)12-10-17/h2-4,6-7,9-12,16,20-21,29H,5,8,13-15H2,1H3,(H,26,34)(H,27,30)(H,32,33). The molecule has 3 atom stereocenters. The maximum absolute atomic E-state index is 12.9. The number of nitrogens with zero attached hydrogens (tertiary/aromatic N) is 1. The molecule has 1 aliphatic rings. The molecule has 0 aromatic heterocycles. The third-order valence-corrected chi connectivity index (χ3v) is 5.75. The van der Waals surface area contributed by atoms with Crippen molar-refractivity contribution in [2.75, 3.05) is 6.54 Å². The van der Waals surface area contributed by atoms with Gasteiger partial charge in [0.2, 0.25) is 11.8 Å². The number of hydrogen-bond donors (Lipinski definition) is 4. The molecule has 186 valence electrons. The topological polar surface area (TPSA) is 145 Å². The summed E-state index contributed by atoms with van der Waals surface area (Å²) < 4.78 is 5.15. The van der Waals surface area contributed by atoms with Gasteiger partial charge >= 0.3 is 12.1 Å².